The minimum atomic E-state index is -0.425. The molecule has 0 fully saturated rings. The first-order chi connectivity index (χ1) is 7.60. The molecule has 0 aliphatic heterocycles. The molecule has 88 valence electrons. The van der Waals surface area contributed by atoms with Gasteiger partial charge in [0.05, 0.1) is 12.2 Å². The van der Waals surface area contributed by atoms with Crippen LogP contribution in [0, 0.1) is 6.92 Å². The van der Waals surface area contributed by atoms with E-state index in [-0.39, 0.29) is 11.8 Å². The quantitative estimate of drug-likeness (QED) is 0.669. The lowest BCUT2D eigenvalue weighted by Crippen LogP contribution is -2.15. The van der Waals surface area contributed by atoms with Gasteiger partial charge in [-0.1, -0.05) is 0 Å². The number of alkyl halides is 1. The molecule has 1 aromatic rings. The Kier molecular flexibility index (Phi) is 4.76. The van der Waals surface area contributed by atoms with Crippen molar-refractivity contribution in [2.45, 2.75) is 13.8 Å². The lowest BCUT2D eigenvalue weighted by molar-refractivity contribution is -0.113. The maximum absolute atomic E-state index is 11.6. The lowest BCUT2D eigenvalue weighted by Gasteiger charge is -2.05. The Morgan fingerprint density at radius 2 is 2.25 bits per heavy atom. The van der Waals surface area contributed by atoms with Crippen LogP contribution in [0.5, 0.6) is 0 Å². The molecule has 1 amide bonds. The number of thiophene rings is 1. The summed E-state index contributed by atoms with van der Waals surface area (Å²) in [5.74, 6) is -0.903. The highest BCUT2D eigenvalue weighted by Crippen LogP contribution is 2.28. The van der Waals surface area contributed by atoms with Crippen molar-refractivity contribution < 1.29 is 14.3 Å². The Hall–Kier alpha value is -1.07. The molecular weight excluding hydrogens is 250 g/mol. The zero-order valence-electron chi connectivity index (χ0n) is 9.00. The second-order valence-corrected chi connectivity index (χ2v) is 4.17. The highest BCUT2D eigenvalue weighted by Gasteiger charge is 2.19. The van der Waals surface area contributed by atoms with Crippen molar-refractivity contribution in [1.29, 1.82) is 0 Å². The number of anilines is 1. The van der Waals surface area contributed by atoms with Gasteiger partial charge in [-0.15, -0.1) is 22.9 Å². The van der Waals surface area contributed by atoms with Crippen molar-refractivity contribution in [2.75, 3.05) is 17.8 Å². The predicted molar refractivity (Wildman–Crippen MR) is 64.4 cm³/mol. The van der Waals surface area contributed by atoms with Gasteiger partial charge in [-0.2, -0.15) is 0 Å². The van der Waals surface area contributed by atoms with E-state index in [1.165, 1.54) is 11.3 Å². The summed E-state index contributed by atoms with van der Waals surface area (Å²) in [5, 5.41) is 4.84. The van der Waals surface area contributed by atoms with E-state index in [1.807, 2.05) is 0 Å². The number of carbonyl (C=O) groups excluding carboxylic acids is 2. The number of ether oxygens (including phenoxy) is 1. The fourth-order valence-electron chi connectivity index (χ4n) is 1.15. The highest BCUT2D eigenvalue weighted by atomic mass is 35.5. The molecule has 1 N–H and O–H groups in total. The Morgan fingerprint density at radius 1 is 1.56 bits per heavy atom. The number of halogens is 1. The fourth-order valence-corrected chi connectivity index (χ4v) is 2.17. The molecule has 1 rings (SSSR count). The molecule has 0 bridgehead atoms. The summed E-state index contributed by atoms with van der Waals surface area (Å²) in [4.78, 5) is 22.8. The van der Waals surface area contributed by atoms with Crippen LogP contribution in [0.2, 0.25) is 0 Å². The van der Waals surface area contributed by atoms with E-state index >= 15 is 0 Å². The molecule has 0 aromatic carbocycles. The molecule has 16 heavy (non-hydrogen) atoms. The van der Waals surface area contributed by atoms with Crippen LogP contribution in [0.15, 0.2) is 5.38 Å². The molecule has 6 heteroatoms. The standard InChI is InChI=1S/C10H12ClNO3S/c1-3-15-10(14)8-6(2)5-16-9(8)12-7(13)4-11/h5H,3-4H2,1-2H3,(H,12,13). The van der Waals surface area contributed by atoms with Gasteiger partial charge < -0.3 is 10.1 Å². The molecular formula is C10H12ClNO3S. The van der Waals surface area contributed by atoms with Crippen LogP contribution in [0.4, 0.5) is 5.00 Å². The van der Waals surface area contributed by atoms with Crippen LogP contribution >= 0.6 is 22.9 Å². The van der Waals surface area contributed by atoms with Gasteiger partial charge in [-0.3, -0.25) is 4.79 Å². The molecule has 0 aliphatic carbocycles. The highest BCUT2D eigenvalue weighted by molar-refractivity contribution is 7.15. The Bertz CT molecular complexity index is 403. The van der Waals surface area contributed by atoms with E-state index in [9.17, 15) is 9.59 Å². The summed E-state index contributed by atoms with van der Waals surface area (Å²) < 4.78 is 4.91. The van der Waals surface area contributed by atoms with Crippen LogP contribution < -0.4 is 5.32 Å². The summed E-state index contributed by atoms with van der Waals surface area (Å²) in [6.45, 7) is 3.83. The summed E-state index contributed by atoms with van der Waals surface area (Å²) in [7, 11) is 0. The van der Waals surface area contributed by atoms with Crippen molar-refractivity contribution in [3.05, 3.63) is 16.5 Å². The van der Waals surface area contributed by atoms with Crippen LogP contribution in [-0.4, -0.2) is 24.4 Å². The molecule has 0 spiro atoms. The molecule has 4 nitrogen and oxygen atoms in total. The van der Waals surface area contributed by atoms with Crippen molar-refractivity contribution >= 4 is 39.8 Å². The number of hydrogen-bond acceptors (Lipinski definition) is 4. The largest absolute Gasteiger partial charge is 0.462 e. The first-order valence-corrected chi connectivity index (χ1v) is 6.12. The van der Waals surface area contributed by atoms with Gasteiger partial charge in [-0.25, -0.2) is 4.79 Å². The predicted octanol–water partition coefficient (Wildman–Crippen LogP) is 2.41. The maximum atomic E-state index is 11.6. The number of nitrogens with one attached hydrogen (secondary N) is 1. The second-order valence-electron chi connectivity index (χ2n) is 3.03. The molecule has 0 unspecified atom stereocenters. The van der Waals surface area contributed by atoms with Gasteiger partial charge in [0.2, 0.25) is 5.91 Å². The average molecular weight is 262 g/mol. The van der Waals surface area contributed by atoms with Crippen molar-refractivity contribution in [3.8, 4) is 0 Å². The molecule has 0 saturated carbocycles. The van der Waals surface area contributed by atoms with Gasteiger partial charge in [0.1, 0.15) is 10.9 Å². The Morgan fingerprint density at radius 3 is 2.81 bits per heavy atom. The molecule has 0 saturated heterocycles. The first-order valence-electron chi connectivity index (χ1n) is 4.71. The fraction of sp³-hybridized carbons (Fsp3) is 0.400. The van der Waals surface area contributed by atoms with Crippen molar-refractivity contribution in [1.82, 2.24) is 0 Å². The first kappa shape index (κ1) is 13.0. The number of carbonyl (C=O) groups is 2. The van der Waals surface area contributed by atoms with Gasteiger partial charge >= 0.3 is 5.97 Å². The van der Waals surface area contributed by atoms with E-state index in [1.54, 1.807) is 19.2 Å². The van der Waals surface area contributed by atoms with E-state index in [0.29, 0.717) is 17.2 Å². The molecule has 1 heterocycles. The molecule has 0 atom stereocenters. The minimum absolute atomic E-state index is 0.140. The third kappa shape index (κ3) is 2.96. The summed E-state index contributed by atoms with van der Waals surface area (Å²) >= 11 is 6.66. The van der Waals surface area contributed by atoms with Crippen molar-refractivity contribution in [2.24, 2.45) is 0 Å². The lowest BCUT2D eigenvalue weighted by atomic mass is 10.2. The zero-order chi connectivity index (χ0) is 12.1. The third-order valence-corrected chi connectivity index (χ3v) is 3.08. The van der Waals surface area contributed by atoms with E-state index < -0.39 is 5.97 Å². The summed E-state index contributed by atoms with van der Waals surface area (Å²) in [6.07, 6.45) is 0. The van der Waals surface area contributed by atoms with E-state index in [0.717, 1.165) is 5.56 Å². The van der Waals surface area contributed by atoms with Crippen LogP contribution in [0.1, 0.15) is 22.8 Å². The number of rotatable bonds is 4. The zero-order valence-corrected chi connectivity index (χ0v) is 10.6. The average Bonchev–Trinajstić information content (AvgIpc) is 2.60. The van der Waals surface area contributed by atoms with Crippen LogP contribution in [0.3, 0.4) is 0 Å². The van der Waals surface area contributed by atoms with Gasteiger partial charge in [0.15, 0.2) is 0 Å². The Balaban J connectivity index is 2.93. The van der Waals surface area contributed by atoms with Crippen molar-refractivity contribution in [3.63, 3.8) is 0 Å². The topological polar surface area (TPSA) is 55.4 Å². The number of esters is 1. The van der Waals surface area contributed by atoms with Gasteiger partial charge in [0.25, 0.3) is 0 Å². The molecule has 1 aromatic heterocycles. The molecule has 0 radical (unpaired) electrons. The van der Waals surface area contributed by atoms with Crippen LogP contribution in [-0.2, 0) is 9.53 Å². The van der Waals surface area contributed by atoms with Gasteiger partial charge in [0, 0.05) is 0 Å². The molecule has 0 aliphatic rings. The number of amides is 1. The van der Waals surface area contributed by atoms with Crippen LogP contribution in [0.25, 0.3) is 0 Å². The number of aryl methyl sites for hydroxylation is 1. The summed E-state index contributed by atoms with van der Waals surface area (Å²) in [6, 6.07) is 0. The summed E-state index contributed by atoms with van der Waals surface area (Å²) in [5.41, 5.74) is 1.19. The van der Waals surface area contributed by atoms with E-state index in [2.05, 4.69) is 5.32 Å². The van der Waals surface area contributed by atoms with E-state index in [4.69, 9.17) is 16.3 Å². The number of hydrogen-bond donors (Lipinski definition) is 1. The second kappa shape index (κ2) is 5.86. The third-order valence-electron chi connectivity index (χ3n) is 1.83. The monoisotopic (exact) mass is 261 g/mol. The minimum Gasteiger partial charge on any atom is -0.462 e. The Labute approximate surface area is 103 Å². The smallest absolute Gasteiger partial charge is 0.341 e. The normalized spacial score (nSPS) is 9.94. The SMILES string of the molecule is CCOC(=O)c1c(C)csc1NC(=O)CCl. The maximum Gasteiger partial charge on any atom is 0.341 e. The van der Waals surface area contributed by atoms with Gasteiger partial charge in [-0.05, 0) is 24.8 Å².